The number of methoxy groups -OCH3 is 1. The molecule has 1 rings (SSSR count). The van der Waals surface area contributed by atoms with E-state index >= 15 is 0 Å². The predicted molar refractivity (Wildman–Crippen MR) is 82.8 cm³/mol. The van der Waals surface area contributed by atoms with Crippen LogP contribution in [0.3, 0.4) is 0 Å². The minimum absolute atomic E-state index is 0.0479. The van der Waals surface area contributed by atoms with Crippen molar-refractivity contribution in [1.82, 2.24) is 5.32 Å². The lowest BCUT2D eigenvalue weighted by Crippen LogP contribution is -2.29. The summed E-state index contributed by atoms with van der Waals surface area (Å²) in [5, 5.41) is 11.4. The molecule has 0 radical (unpaired) electrons. The second kappa shape index (κ2) is 9.28. The molecule has 1 unspecified atom stereocenters. The summed E-state index contributed by atoms with van der Waals surface area (Å²) in [5.74, 6) is 0.552. The number of nitrogens with one attached hydrogen (secondary N) is 1. The normalized spacial score (nSPS) is 11.7. The van der Waals surface area contributed by atoms with Crippen LogP contribution in [0.2, 0.25) is 0 Å². The lowest BCUT2D eigenvalue weighted by atomic mass is 10.1. The van der Waals surface area contributed by atoms with Crippen LogP contribution in [0, 0.1) is 5.92 Å². The molecule has 0 aliphatic rings. The Balaban J connectivity index is 2.19. The summed E-state index contributed by atoms with van der Waals surface area (Å²) < 4.78 is 5.08. The number of hydrogen-bond donors (Lipinski definition) is 2. The first-order valence-electron chi connectivity index (χ1n) is 6.76. The van der Waals surface area contributed by atoms with Crippen molar-refractivity contribution in [2.75, 3.05) is 19.4 Å². The van der Waals surface area contributed by atoms with E-state index < -0.39 is 5.97 Å². The van der Waals surface area contributed by atoms with Crippen molar-refractivity contribution < 1.29 is 19.4 Å². The van der Waals surface area contributed by atoms with E-state index in [0.29, 0.717) is 18.7 Å². The highest BCUT2D eigenvalue weighted by atomic mass is 32.2. The molecule has 1 amide bonds. The molecule has 21 heavy (non-hydrogen) atoms. The molecule has 0 aromatic heterocycles. The van der Waals surface area contributed by atoms with Gasteiger partial charge in [-0.1, -0.05) is 6.92 Å². The highest BCUT2D eigenvalue weighted by molar-refractivity contribution is 7.99. The van der Waals surface area contributed by atoms with Crippen LogP contribution in [-0.2, 0) is 9.59 Å². The summed E-state index contributed by atoms with van der Waals surface area (Å²) in [7, 11) is 1.62. The molecule has 1 atom stereocenters. The highest BCUT2D eigenvalue weighted by Gasteiger charge is 2.09. The minimum Gasteiger partial charge on any atom is -0.497 e. The standard InChI is InChI=1S/C15H21NO4S/c1-11(9-15(18)19)10-16-14(17)7-8-21-13-5-3-12(20-2)4-6-13/h3-6,11H,7-10H2,1-2H3,(H,16,17)(H,18,19). The Labute approximate surface area is 129 Å². The van der Waals surface area contributed by atoms with Crippen LogP contribution in [0.5, 0.6) is 5.75 Å². The topological polar surface area (TPSA) is 75.6 Å². The summed E-state index contributed by atoms with van der Waals surface area (Å²) in [6, 6.07) is 7.68. The van der Waals surface area contributed by atoms with Crippen molar-refractivity contribution in [3.63, 3.8) is 0 Å². The number of ether oxygens (including phenoxy) is 1. The maximum Gasteiger partial charge on any atom is 0.303 e. The number of amides is 1. The maximum atomic E-state index is 11.6. The van der Waals surface area contributed by atoms with Crippen molar-refractivity contribution in [2.24, 2.45) is 5.92 Å². The summed E-state index contributed by atoms with van der Waals surface area (Å²) in [4.78, 5) is 23.2. The minimum atomic E-state index is -0.841. The van der Waals surface area contributed by atoms with Crippen LogP contribution in [-0.4, -0.2) is 36.4 Å². The molecule has 1 aromatic carbocycles. The van der Waals surface area contributed by atoms with Crippen LogP contribution < -0.4 is 10.1 Å². The zero-order valence-electron chi connectivity index (χ0n) is 12.3. The van der Waals surface area contributed by atoms with Gasteiger partial charge in [0.2, 0.25) is 5.91 Å². The first-order chi connectivity index (χ1) is 10.0. The van der Waals surface area contributed by atoms with E-state index in [9.17, 15) is 9.59 Å². The first-order valence-corrected chi connectivity index (χ1v) is 7.75. The van der Waals surface area contributed by atoms with Gasteiger partial charge in [0, 0.05) is 30.0 Å². The summed E-state index contributed by atoms with van der Waals surface area (Å²) in [6.07, 6.45) is 0.483. The Hall–Kier alpha value is -1.69. The molecule has 0 bridgehead atoms. The van der Waals surface area contributed by atoms with E-state index in [-0.39, 0.29) is 18.2 Å². The quantitative estimate of drug-likeness (QED) is 0.685. The molecule has 0 heterocycles. The van der Waals surface area contributed by atoms with Gasteiger partial charge in [0.1, 0.15) is 5.75 Å². The lowest BCUT2D eigenvalue weighted by molar-refractivity contribution is -0.138. The van der Waals surface area contributed by atoms with Gasteiger partial charge in [0.15, 0.2) is 0 Å². The summed E-state index contributed by atoms with van der Waals surface area (Å²) >= 11 is 1.60. The largest absolute Gasteiger partial charge is 0.497 e. The van der Waals surface area contributed by atoms with Gasteiger partial charge in [0.05, 0.1) is 7.11 Å². The molecule has 0 spiro atoms. The van der Waals surface area contributed by atoms with Gasteiger partial charge < -0.3 is 15.2 Å². The Morgan fingerprint density at radius 3 is 2.57 bits per heavy atom. The van der Waals surface area contributed by atoms with Gasteiger partial charge in [-0.15, -0.1) is 11.8 Å². The van der Waals surface area contributed by atoms with Gasteiger partial charge in [-0.3, -0.25) is 9.59 Å². The number of benzene rings is 1. The lowest BCUT2D eigenvalue weighted by Gasteiger charge is -2.10. The number of thioether (sulfide) groups is 1. The SMILES string of the molecule is COc1ccc(SCCC(=O)NCC(C)CC(=O)O)cc1. The Bertz CT molecular complexity index is 461. The smallest absolute Gasteiger partial charge is 0.303 e. The molecular formula is C15H21NO4S. The summed E-state index contributed by atoms with van der Waals surface area (Å²) in [6.45, 7) is 2.21. The summed E-state index contributed by atoms with van der Waals surface area (Å²) in [5.41, 5.74) is 0. The fourth-order valence-corrected chi connectivity index (χ4v) is 2.53. The average molecular weight is 311 g/mol. The number of hydrogen-bond acceptors (Lipinski definition) is 4. The molecule has 0 fully saturated rings. The van der Waals surface area contributed by atoms with E-state index in [2.05, 4.69) is 5.32 Å². The number of aliphatic carboxylic acids is 1. The molecule has 0 aliphatic carbocycles. The fraction of sp³-hybridized carbons (Fsp3) is 0.467. The van der Waals surface area contributed by atoms with Gasteiger partial charge in [-0.05, 0) is 30.2 Å². The Kier molecular flexibility index (Phi) is 7.68. The van der Waals surface area contributed by atoms with Crippen molar-refractivity contribution in [3.05, 3.63) is 24.3 Å². The molecule has 0 saturated heterocycles. The Morgan fingerprint density at radius 1 is 1.33 bits per heavy atom. The Morgan fingerprint density at radius 2 is 2.00 bits per heavy atom. The van der Waals surface area contributed by atoms with Crippen LogP contribution in [0.1, 0.15) is 19.8 Å². The van der Waals surface area contributed by atoms with Crippen molar-refractivity contribution in [1.29, 1.82) is 0 Å². The molecule has 5 nitrogen and oxygen atoms in total. The first kappa shape index (κ1) is 17.4. The zero-order valence-corrected chi connectivity index (χ0v) is 13.1. The monoisotopic (exact) mass is 311 g/mol. The third-order valence-corrected chi connectivity index (χ3v) is 3.84. The third-order valence-electron chi connectivity index (χ3n) is 2.83. The van der Waals surface area contributed by atoms with Crippen molar-refractivity contribution in [2.45, 2.75) is 24.7 Å². The second-order valence-corrected chi connectivity index (χ2v) is 5.95. The molecule has 0 aliphatic heterocycles. The van der Waals surface area contributed by atoms with E-state index in [1.807, 2.05) is 24.3 Å². The molecular weight excluding hydrogens is 290 g/mol. The van der Waals surface area contributed by atoms with E-state index in [4.69, 9.17) is 9.84 Å². The fourth-order valence-electron chi connectivity index (χ4n) is 1.68. The average Bonchev–Trinajstić information content (AvgIpc) is 2.45. The van der Waals surface area contributed by atoms with Gasteiger partial charge in [-0.25, -0.2) is 0 Å². The molecule has 6 heteroatoms. The van der Waals surface area contributed by atoms with E-state index in [1.165, 1.54) is 0 Å². The molecule has 1 aromatic rings. The number of carboxylic acid groups (broad SMARTS) is 1. The number of carbonyl (C=O) groups is 2. The van der Waals surface area contributed by atoms with E-state index in [0.717, 1.165) is 10.6 Å². The second-order valence-electron chi connectivity index (χ2n) is 4.78. The molecule has 0 saturated carbocycles. The van der Waals surface area contributed by atoms with Crippen LogP contribution in [0.25, 0.3) is 0 Å². The predicted octanol–water partition coefficient (Wildman–Crippen LogP) is 2.40. The number of carboxylic acids is 1. The van der Waals surface area contributed by atoms with Crippen LogP contribution in [0.15, 0.2) is 29.2 Å². The van der Waals surface area contributed by atoms with Gasteiger partial charge in [0.25, 0.3) is 0 Å². The van der Waals surface area contributed by atoms with Gasteiger partial charge in [-0.2, -0.15) is 0 Å². The van der Waals surface area contributed by atoms with Crippen molar-refractivity contribution in [3.8, 4) is 5.75 Å². The van der Waals surface area contributed by atoms with E-state index in [1.54, 1.807) is 25.8 Å². The third kappa shape index (κ3) is 7.60. The van der Waals surface area contributed by atoms with Crippen molar-refractivity contribution >= 4 is 23.6 Å². The highest BCUT2D eigenvalue weighted by Crippen LogP contribution is 2.21. The maximum absolute atomic E-state index is 11.6. The van der Waals surface area contributed by atoms with Crippen LogP contribution in [0.4, 0.5) is 0 Å². The van der Waals surface area contributed by atoms with Crippen LogP contribution >= 0.6 is 11.8 Å². The zero-order chi connectivity index (χ0) is 15.7. The number of carbonyl (C=O) groups excluding carboxylic acids is 1. The molecule has 116 valence electrons. The van der Waals surface area contributed by atoms with Gasteiger partial charge >= 0.3 is 5.97 Å². The molecule has 2 N–H and O–H groups in total. The number of rotatable bonds is 9.